The molecule has 0 amide bonds. The van der Waals surface area contributed by atoms with Gasteiger partial charge in [0.05, 0.1) is 0 Å². The Balaban J connectivity index is 4.12. The van der Waals surface area contributed by atoms with Crippen LogP contribution in [0.25, 0.3) is 0 Å². The zero-order chi connectivity index (χ0) is 20.9. The van der Waals surface area contributed by atoms with Gasteiger partial charge >= 0.3 is 6.16 Å². The van der Waals surface area contributed by atoms with Gasteiger partial charge in [0, 0.05) is 26.1 Å². The van der Waals surface area contributed by atoms with Crippen LogP contribution in [0, 0.1) is 0 Å². The summed E-state index contributed by atoms with van der Waals surface area (Å²) < 4.78 is 10.9. The molecule has 0 spiro atoms. The van der Waals surface area contributed by atoms with Gasteiger partial charge in [-0.05, 0) is 25.7 Å². The normalized spacial score (nSPS) is 13.3. The summed E-state index contributed by atoms with van der Waals surface area (Å²) in [6.45, 7) is 4.41. The van der Waals surface area contributed by atoms with Crippen LogP contribution in [0.5, 0.6) is 0 Å². The molecule has 0 bridgehead atoms. The molecule has 5 nitrogen and oxygen atoms in total. The van der Waals surface area contributed by atoms with Gasteiger partial charge in [-0.25, -0.2) is 4.79 Å². The van der Waals surface area contributed by atoms with Crippen LogP contribution in [0.2, 0.25) is 0 Å². The lowest BCUT2D eigenvalue weighted by Crippen LogP contribution is -2.25. The largest absolute Gasteiger partial charge is 0.508 e. The van der Waals surface area contributed by atoms with Crippen LogP contribution in [0.15, 0.2) is 0 Å². The summed E-state index contributed by atoms with van der Waals surface area (Å²) in [4.78, 5) is 12.2. The van der Waals surface area contributed by atoms with E-state index in [2.05, 4.69) is 13.8 Å². The van der Waals surface area contributed by atoms with Crippen molar-refractivity contribution in [2.45, 2.75) is 129 Å². The minimum Gasteiger partial charge on any atom is -0.431 e. The Kier molecular flexibility index (Phi) is 20.3. The summed E-state index contributed by atoms with van der Waals surface area (Å²) in [5.74, 6) is 0. The second kappa shape index (κ2) is 20.9. The van der Waals surface area contributed by atoms with Gasteiger partial charge in [-0.2, -0.15) is 0 Å². The van der Waals surface area contributed by atoms with Crippen molar-refractivity contribution >= 4 is 6.16 Å². The number of carbonyl (C=O) groups is 1. The quantitative estimate of drug-likeness (QED) is 0.189. The Morgan fingerprint density at radius 3 is 1.32 bits per heavy atom. The van der Waals surface area contributed by atoms with Crippen molar-refractivity contribution in [1.29, 1.82) is 0 Å². The zero-order valence-corrected chi connectivity index (χ0v) is 18.5. The Labute approximate surface area is 173 Å². The van der Waals surface area contributed by atoms with Gasteiger partial charge in [-0.15, -0.1) is 0 Å². The Morgan fingerprint density at radius 1 is 0.607 bits per heavy atom. The van der Waals surface area contributed by atoms with Crippen molar-refractivity contribution in [2.24, 2.45) is 0 Å². The SMILES string of the molecule is CCCCCCCCC(CCO)OC(=O)OC(CCO)CCCCCCCC. The van der Waals surface area contributed by atoms with Crippen molar-refractivity contribution in [2.75, 3.05) is 13.2 Å². The second-order valence-corrected chi connectivity index (χ2v) is 7.87. The Morgan fingerprint density at radius 2 is 0.964 bits per heavy atom. The highest BCUT2D eigenvalue weighted by molar-refractivity contribution is 5.60. The van der Waals surface area contributed by atoms with E-state index < -0.39 is 6.16 Å². The van der Waals surface area contributed by atoms with Crippen molar-refractivity contribution in [3.05, 3.63) is 0 Å². The van der Waals surface area contributed by atoms with Gasteiger partial charge in [0.25, 0.3) is 0 Å². The van der Waals surface area contributed by atoms with E-state index in [-0.39, 0.29) is 25.4 Å². The second-order valence-electron chi connectivity index (χ2n) is 7.87. The fraction of sp³-hybridized carbons (Fsp3) is 0.957. The standard InChI is InChI=1S/C23H46O5/c1-3-5-7-9-11-13-15-21(17-19-24)27-23(26)28-22(18-20-25)16-14-12-10-8-6-4-2/h21-22,24-25H,3-20H2,1-2H3. The summed E-state index contributed by atoms with van der Waals surface area (Å²) in [5, 5.41) is 18.5. The van der Waals surface area contributed by atoms with E-state index in [0.717, 1.165) is 38.5 Å². The number of aliphatic hydroxyl groups is 2. The van der Waals surface area contributed by atoms with Crippen molar-refractivity contribution in [1.82, 2.24) is 0 Å². The molecule has 28 heavy (non-hydrogen) atoms. The van der Waals surface area contributed by atoms with Crippen molar-refractivity contribution < 1.29 is 24.5 Å². The van der Waals surface area contributed by atoms with Crippen LogP contribution >= 0.6 is 0 Å². The number of carbonyl (C=O) groups excluding carboxylic acids is 1. The monoisotopic (exact) mass is 402 g/mol. The molecule has 5 heteroatoms. The van der Waals surface area contributed by atoms with Gasteiger partial charge in [-0.1, -0.05) is 78.1 Å². The van der Waals surface area contributed by atoms with Crippen molar-refractivity contribution in [3.8, 4) is 0 Å². The van der Waals surface area contributed by atoms with Crippen LogP contribution in [-0.4, -0.2) is 41.8 Å². The summed E-state index contributed by atoms with van der Waals surface area (Å²) in [6, 6.07) is 0. The molecular weight excluding hydrogens is 356 g/mol. The summed E-state index contributed by atoms with van der Waals surface area (Å²) in [7, 11) is 0. The molecule has 2 atom stereocenters. The van der Waals surface area contributed by atoms with Crippen LogP contribution in [-0.2, 0) is 9.47 Å². The molecular formula is C23H46O5. The third kappa shape index (κ3) is 17.3. The number of hydrogen-bond acceptors (Lipinski definition) is 5. The van der Waals surface area contributed by atoms with E-state index in [9.17, 15) is 15.0 Å². The fourth-order valence-corrected chi connectivity index (χ4v) is 3.42. The topological polar surface area (TPSA) is 76.0 Å². The van der Waals surface area contributed by atoms with Crippen LogP contribution in [0.3, 0.4) is 0 Å². The van der Waals surface area contributed by atoms with E-state index >= 15 is 0 Å². The van der Waals surface area contributed by atoms with E-state index in [1.54, 1.807) is 0 Å². The maximum Gasteiger partial charge on any atom is 0.508 e. The number of aliphatic hydroxyl groups excluding tert-OH is 2. The third-order valence-corrected chi connectivity index (χ3v) is 5.19. The van der Waals surface area contributed by atoms with Crippen LogP contribution in [0.4, 0.5) is 4.79 Å². The van der Waals surface area contributed by atoms with Gasteiger partial charge in [0.15, 0.2) is 0 Å². The molecule has 0 rings (SSSR count). The van der Waals surface area contributed by atoms with Crippen LogP contribution in [0.1, 0.15) is 117 Å². The molecule has 0 radical (unpaired) electrons. The first kappa shape index (κ1) is 27.2. The molecule has 0 aliphatic heterocycles. The average Bonchev–Trinajstić information content (AvgIpc) is 2.67. The first-order valence-electron chi connectivity index (χ1n) is 11.8. The summed E-state index contributed by atoms with van der Waals surface area (Å²) in [6.07, 6.45) is 15.4. The average molecular weight is 403 g/mol. The first-order valence-corrected chi connectivity index (χ1v) is 11.8. The molecule has 0 aromatic heterocycles. The summed E-state index contributed by atoms with van der Waals surface area (Å²) in [5.41, 5.74) is 0. The van der Waals surface area contributed by atoms with Gasteiger partial charge < -0.3 is 19.7 Å². The fourth-order valence-electron chi connectivity index (χ4n) is 3.42. The molecule has 0 saturated heterocycles. The van der Waals surface area contributed by atoms with E-state index in [0.29, 0.717) is 12.8 Å². The lowest BCUT2D eigenvalue weighted by molar-refractivity contribution is -0.0175. The van der Waals surface area contributed by atoms with E-state index in [1.165, 1.54) is 51.4 Å². The maximum atomic E-state index is 12.2. The van der Waals surface area contributed by atoms with E-state index in [4.69, 9.17) is 9.47 Å². The molecule has 0 heterocycles. The highest BCUT2D eigenvalue weighted by Gasteiger charge is 2.19. The third-order valence-electron chi connectivity index (χ3n) is 5.19. The van der Waals surface area contributed by atoms with Crippen LogP contribution < -0.4 is 0 Å². The molecule has 0 fully saturated rings. The van der Waals surface area contributed by atoms with E-state index in [1.807, 2.05) is 0 Å². The predicted molar refractivity (Wildman–Crippen MR) is 115 cm³/mol. The molecule has 0 saturated carbocycles. The Bertz CT molecular complexity index is 305. The Hall–Kier alpha value is -0.810. The van der Waals surface area contributed by atoms with Gasteiger partial charge in [0.2, 0.25) is 0 Å². The van der Waals surface area contributed by atoms with Crippen molar-refractivity contribution in [3.63, 3.8) is 0 Å². The van der Waals surface area contributed by atoms with Gasteiger partial charge in [0.1, 0.15) is 12.2 Å². The number of rotatable bonds is 20. The minimum atomic E-state index is -0.658. The number of unbranched alkanes of at least 4 members (excludes halogenated alkanes) is 10. The molecule has 2 N–H and O–H groups in total. The molecule has 2 unspecified atom stereocenters. The molecule has 0 aliphatic rings. The molecule has 0 aromatic carbocycles. The first-order chi connectivity index (χ1) is 13.7. The molecule has 168 valence electrons. The molecule has 0 aromatic rings. The highest BCUT2D eigenvalue weighted by atomic mass is 16.7. The zero-order valence-electron chi connectivity index (χ0n) is 18.5. The van der Waals surface area contributed by atoms with Gasteiger partial charge in [-0.3, -0.25) is 0 Å². The minimum absolute atomic E-state index is 0.00557. The molecule has 0 aliphatic carbocycles. The highest BCUT2D eigenvalue weighted by Crippen LogP contribution is 2.16. The number of ether oxygens (including phenoxy) is 2. The lowest BCUT2D eigenvalue weighted by atomic mass is 10.1. The smallest absolute Gasteiger partial charge is 0.431 e. The summed E-state index contributed by atoms with van der Waals surface area (Å²) >= 11 is 0. The maximum absolute atomic E-state index is 12.2. The lowest BCUT2D eigenvalue weighted by Gasteiger charge is -2.20. The predicted octanol–water partition coefficient (Wildman–Crippen LogP) is 6.14. The number of hydrogen-bond donors (Lipinski definition) is 2.